The van der Waals surface area contributed by atoms with E-state index in [0.29, 0.717) is 31.8 Å². The molecule has 0 bridgehead atoms. The molecule has 1 aromatic heterocycles. The summed E-state index contributed by atoms with van der Waals surface area (Å²) in [6.45, 7) is 4.02. The number of nitrogens with zero attached hydrogens (tertiary/aromatic N) is 3. The minimum atomic E-state index is 0.294. The molecule has 3 rings (SSSR count). The van der Waals surface area contributed by atoms with Crippen molar-refractivity contribution in [3.63, 3.8) is 0 Å². The molecular weight excluding hydrogens is 216 g/mol. The smallest absolute Gasteiger partial charge is 0.226 e. The van der Waals surface area contributed by atoms with Gasteiger partial charge in [-0.1, -0.05) is 0 Å². The molecule has 1 fully saturated rings. The van der Waals surface area contributed by atoms with E-state index in [1.807, 2.05) is 6.20 Å². The maximum absolute atomic E-state index is 5.77. The van der Waals surface area contributed by atoms with E-state index in [-0.39, 0.29) is 0 Å². The molecule has 0 spiro atoms. The maximum atomic E-state index is 5.77. The number of hydrogen-bond acceptors (Lipinski definition) is 5. The zero-order valence-corrected chi connectivity index (χ0v) is 10.1. The Morgan fingerprint density at radius 2 is 2.35 bits per heavy atom. The standard InChI is InChI=1S/C12H18N4O/c1-8(4-13)16(10-2-3-10)12-14-5-9-6-17-7-11(9)15-12/h5,8,10H,2-4,6-7,13H2,1H3. The summed E-state index contributed by atoms with van der Waals surface area (Å²) < 4.78 is 5.37. The molecule has 0 saturated heterocycles. The van der Waals surface area contributed by atoms with Gasteiger partial charge < -0.3 is 15.4 Å². The highest BCUT2D eigenvalue weighted by molar-refractivity contribution is 5.38. The van der Waals surface area contributed by atoms with Gasteiger partial charge >= 0.3 is 0 Å². The molecule has 5 heteroatoms. The van der Waals surface area contributed by atoms with Crippen LogP contribution in [0, 0.1) is 0 Å². The third-order valence-electron chi connectivity index (χ3n) is 3.43. The zero-order valence-electron chi connectivity index (χ0n) is 10.1. The Labute approximate surface area is 101 Å². The molecule has 0 aromatic carbocycles. The van der Waals surface area contributed by atoms with Gasteiger partial charge in [0, 0.05) is 30.4 Å². The highest BCUT2D eigenvalue weighted by Crippen LogP contribution is 2.32. The first kappa shape index (κ1) is 10.9. The van der Waals surface area contributed by atoms with Crippen LogP contribution in [0.25, 0.3) is 0 Å². The van der Waals surface area contributed by atoms with Crippen molar-refractivity contribution in [3.8, 4) is 0 Å². The number of anilines is 1. The second kappa shape index (κ2) is 4.23. The fourth-order valence-electron chi connectivity index (χ4n) is 2.25. The van der Waals surface area contributed by atoms with Crippen molar-refractivity contribution in [1.82, 2.24) is 9.97 Å². The molecule has 1 unspecified atom stereocenters. The Bertz CT molecular complexity index is 419. The van der Waals surface area contributed by atoms with Crippen LogP contribution in [-0.4, -0.2) is 28.6 Å². The monoisotopic (exact) mass is 234 g/mol. The first-order valence-electron chi connectivity index (χ1n) is 6.20. The highest BCUT2D eigenvalue weighted by Gasteiger charge is 2.34. The highest BCUT2D eigenvalue weighted by atomic mass is 16.5. The van der Waals surface area contributed by atoms with Crippen LogP contribution < -0.4 is 10.6 Å². The minimum absolute atomic E-state index is 0.294. The summed E-state index contributed by atoms with van der Waals surface area (Å²) in [6.07, 6.45) is 4.34. The fourth-order valence-corrected chi connectivity index (χ4v) is 2.25. The van der Waals surface area contributed by atoms with Gasteiger partial charge in [0.2, 0.25) is 5.95 Å². The van der Waals surface area contributed by atoms with Crippen molar-refractivity contribution in [1.29, 1.82) is 0 Å². The number of hydrogen-bond donors (Lipinski definition) is 1. The summed E-state index contributed by atoms with van der Waals surface area (Å²) in [5.74, 6) is 0.815. The summed E-state index contributed by atoms with van der Waals surface area (Å²) in [5, 5.41) is 0. The van der Waals surface area contributed by atoms with Crippen molar-refractivity contribution >= 4 is 5.95 Å². The molecule has 2 heterocycles. The van der Waals surface area contributed by atoms with E-state index in [1.165, 1.54) is 12.8 Å². The number of ether oxygens (including phenoxy) is 1. The number of rotatable bonds is 4. The lowest BCUT2D eigenvalue weighted by atomic mass is 10.2. The molecule has 0 amide bonds. The van der Waals surface area contributed by atoms with Crippen LogP contribution in [0.3, 0.4) is 0 Å². The molecular formula is C12H18N4O. The van der Waals surface area contributed by atoms with Crippen LogP contribution in [0.4, 0.5) is 5.95 Å². The lowest BCUT2D eigenvalue weighted by Gasteiger charge is -2.28. The van der Waals surface area contributed by atoms with Gasteiger partial charge in [-0.25, -0.2) is 9.97 Å². The molecule has 0 radical (unpaired) electrons. The van der Waals surface area contributed by atoms with Gasteiger partial charge in [-0.15, -0.1) is 0 Å². The Morgan fingerprint density at radius 3 is 3.06 bits per heavy atom. The van der Waals surface area contributed by atoms with E-state index >= 15 is 0 Å². The molecule has 5 nitrogen and oxygen atoms in total. The molecule has 1 aliphatic carbocycles. The van der Waals surface area contributed by atoms with E-state index in [2.05, 4.69) is 21.8 Å². The topological polar surface area (TPSA) is 64.3 Å². The van der Waals surface area contributed by atoms with Gasteiger partial charge in [0.25, 0.3) is 0 Å². The minimum Gasteiger partial charge on any atom is -0.370 e. The van der Waals surface area contributed by atoms with Gasteiger partial charge in [0.05, 0.1) is 18.9 Å². The van der Waals surface area contributed by atoms with Crippen molar-refractivity contribution < 1.29 is 4.74 Å². The fraction of sp³-hybridized carbons (Fsp3) is 0.667. The van der Waals surface area contributed by atoms with Gasteiger partial charge in [0.15, 0.2) is 0 Å². The number of fused-ring (bicyclic) bond motifs is 1. The first-order valence-corrected chi connectivity index (χ1v) is 6.20. The Hall–Kier alpha value is -1.20. The number of nitrogens with two attached hydrogens (primary N) is 1. The second-order valence-electron chi connectivity index (χ2n) is 4.86. The molecule has 1 aliphatic heterocycles. The average Bonchev–Trinajstić information content (AvgIpc) is 3.06. The van der Waals surface area contributed by atoms with Gasteiger partial charge in [-0.3, -0.25) is 0 Å². The SMILES string of the molecule is CC(CN)N(c1ncc2c(n1)COC2)C1CC1. The lowest BCUT2D eigenvalue weighted by Crippen LogP contribution is -2.41. The summed E-state index contributed by atoms with van der Waals surface area (Å²) in [4.78, 5) is 11.3. The summed E-state index contributed by atoms with van der Waals surface area (Å²) >= 11 is 0. The van der Waals surface area contributed by atoms with Crippen LogP contribution in [-0.2, 0) is 18.0 Å². The Morgan fingerprint density at radius 1 is 1.53 bits per heavy atom. The van der Waals surface area contributed by atoms with E-state index in [4.69, 9.17) is 10.5 Å². The molecule has 2 N–H and O–H groups in total. The van der Waals surface area contributed by atoms with Crippen LogP contribution in [0.1, 0.15) is 31.0 Å². The predicted octanol–water partition coefficient (Wildman–Crippen LogP) is 0.823. The third-order valence-corrected chi connectivity index (χ3v) is 3.43. The van der Waals surface area contributed by atoms with Gasteiger partial charge in [-0.2, -0.15) is 0 Å². The summed E-state index contributed by atoms with van der Waals surface area (Å²) in [6, 6.07) is 0.872. The summed E-state index contributed by atoms with van der Waals surface area (Å²) in [7, 11) is 0. The normalized spacial score (nSPS) is 20.1. The molecule has 1 atom stereocenters. The molecule has 1 saturated carbocycles. The molecule has 2 aliphatic rings. The maximum Gasteiger partial charge on any atom is 0.226 e. The van der Waals surface area contributed by atoms with Crippen LogP contribution >= 0.6 is 0 Å². The third kappa shape index (κ3) is 2.00. The van der Waals surface area contributed by atoms with Crippen LogP contribution in [0.2, 0.25) is 0 Å². The van der Waals surface area contributed by atoms with Crippen molar-refractivity contribution in [3.05, 3.63) is 17.5 Å². The Balaban J connectivity index is 1.90. The lowest BCUT2D eigenvalue weighted by molar-refractivity contribution is 0.133. The average molecular weight is 234 g/mol. The summed E-state index contributed by atoms with van der Waals surface area (Å²) in [5.41, 5.74) is 7.91. The quantitative estimate of drug-likeness (QED) is 0.835. The van der Waals surface area contributed by atoms with Crippen molar-refractivity contribution in [2.24, 2.45) is 5.73 Å². The van der Waals surface area contributed by atoms with Crippen LogP contribution in [0.5, 0.6) is 0 Å². The van der Waals surface area contributed by atoms with Crippen molar-refractivity contribution in [2.75, 3.05) is 11.4 Å². The number of aromatic nitrogens is 2. The molecule has 17 heavy (non-hydrogen) atoms. The van der Waals surface area contributed by atoms with Gasteiger partial charge in [0.1, 0.15) is 0 Å². The Kier molecular flexibility index (Phi) is 2.72. The molecule has 92 valence electrons. The van der Waals surface area contributed by atoms with E-state index in [1.54, 1.807) is 0 Å². The molecule has 1 aromatic rings. The second-order valence-corrected chi connectivity index (χ2v) is 4.86. The van der Waals surface area contributed by atoms with Crippen molar-refractivity contribution in [2.45, 2.75) is 45.1 Å². The first-order chi connectivity index (χ1) is 8.29. The van der Waals surface area contributed by atoms with E-state index in [0.717, 1.165) is 17.2 Å². The van der Waals surface area contributed by atoms with E-state index in [9.17, 15) is 0 Å². The zero-order chi connectivity index (χ0) is 11.8. The van der Waals surface area contributed by atoms with Gasteiger partial charge in [-0.05, 0) is 19.8 Å². The van der Waals surface area contributed by atoms with Crippen LogP contribution in [0.15, 0.2) is 6.20 Å². The predicted molar refractivity (Wildman–Crippen MR) is 64.5 cm³/mol. The largest absolute Gasteiger partial charge is 0.370 e. The van der Waals surface area contributed by atoms with E-state index < -0.39 is 0 Å².